The fraction of sp³-hybridized carbons (Fsp3) is 0.625. The standard InChI is InChI=1S/C16H21ClF3N3O2/c1-10-9-22(5-6-23(10)14(24)25-15(2,3)4)13-8-11(16(18,19)20)7-12(17)21-13/h7-8,10H,5-6,9H2,1-4H3. The van der Waals surface area contributed by atoms with Crippen LogP contribution in [0, 0.1) is 0 Å². The average Bonchev–Trinajstić information content (AvgIpc) is 2.43. The molecule has 0 bridgehead atoms. The van der Waals surface area contributed by atoms with E-state index in [0.29, 0.717) is 19.6 Å². The molecule has 25 heavy (non-hydrogen) atoms. The molecular formula is C16H21ClF3N3O2. The van der Waals surface area contributed by atoms with Crippen LogP contribution in [0.5, 0.6) is 0 Å². The zero-order valence-electron chi connectivity index (χ0n) is 14.5. The summed E-state index contributed by atoms with van der Waals surface area (Å²) in [5, 5.41) is -0.216. The maximum absolute atomic E-state index is 12.9. The van der Waals surface area contributed by atoms with Crippen molar-refractivity contribution in [2.75, 3.05) is 24.5 Å². The zero-order valence-corrected chi connectivity index (χ0v) is 15.3. The molecule has 0 radical (unpaired) electrons. The van der Waals surface area contributed by atoms with Gasteiger partial charge in [0.05, 0.1) is 5.56 Å². The average molecular weight is 380 g/mol. The largest absolute Gasteiger partial charge is 0.444 e. The van der Waals surface area contributed by atoms with Crippen molar-refractivity contribution >= 4 is 23.5 Å². The van der Waals surface area contributed by atoms with Gasteiger partial charge in [0.1, 0.15) is 16.6 Å². The van der Waals surface area contributed by atoms with Gasteiger partial charge in [0, 0.05) is 25.7 Å². The quantitative estimate of drug-likeness (QED) is 0.686. The smallest absolute Gasteiger partial charge is 0.416 e. The zero-order chi connectivity index (χ0) is 19.0. The SMILES string of the molecule is CC1CN(c2cc(C(F)(F)F)cc(Cl)n2)CCN1C(=O)OC(C)(C)C. The molecule has 1 unspecified atom stereocenters. The van der Waals surface area contributed by atoms with Gasteiger partial charge in [-0.3, -0.25) is 0 Å². The van der Waals surface area contributed by atoms with Gasteiger partial charge in [0.2, 0.25) is 0 Å². The van der Waals surface area contributed by atoms with Crippen molar-refractivity contribution in [3.8, 4) is 0 Å². The lowest BCUT2D eigenvalue weighted by Crippen LogP contribution is -2.55. The van der Waals surface area contributed by atoms with Crippen molar-refractivity contribution in [3.05, 3.63) is 22.8 Å². The van der Waals surface area contributed by atoms with Crippen LogP contribution in [0.4, 0.5) is 23.8 Å². The van der Waals surface area contributed by atoms with Gasteiger partial charge in [-0.1, -0.05) is 11.6 Å². The molecular weight excluding hydrogens is 359 g/mol. The van der Waals surface area contributed by atoms with Gasteiger partial charge in [-0.05, 0) is 39.8 Å². The van der Waals surface area contributed by atoms with Crippen molar-refractivity contribution < 1.29 is 22.7 Å². The molecule has 1 atom stereocenters. The molecule has 1 saturated heterocycles. The Morgan fingerprint density at radius 3 is 2.44 bits per heavy atom. The molecule has 0 aliphatic carbocycles. The highest BCUT2D eigenvalue weighted by Gasteiger charge is 2.34. The molecule has 1 aromatic heterocycles. The second-order valence-corrected chi connectivity index (χ2v) is 7.39. The summed E-state index contributed by atoms with van der Waals surface area (Å²) in [7, 11) is 0. The van der Waals surface area contributed by atoms with Crippen molar-refractivity contribution in [3.63, 3.8) is 0 Å². The van der Waals surface area contributed by atoms with Gasteiger partial charge >= 0.3 is 12.3 Å². The number of hydrogen-bond donors (Lipinski definition) is 0. The second-order valence-electron chi connectivity index (χ2n) is 7.00. The van der Waals surface area contributed by atoms with Gasteiger partial charge in [-0.25, -0.2) is 9.78 Å². The Morgan fingerprint density at radius 1 is 1.28 bits per heavy atom. The number of aromatic nitrogens is 1. The van der Waals surface area contributed by atoms with E-state index in [4.69, 9.17) is 16.3 Å². The van der Waals surface area contributed by atoms with Crippen LogP contribution in [0.2, 0.25) is 5.15 Å². The fourth-order valence-corrected chi connectivity index (χ4v) is 2.77. The number of hydrogen-bond acceptors (Lipinski definition) is 4. The number of rotatable bonds is 1. The summed E-state index contributed by atoms with van der Waals surface area (Å²) >= 11 is 5.74. The van der Waals surface area contributed by atoms with Gasteiger partial charge in [0.25, 0.3) is 0 Å². The first-order chi connectivity index (χ1) is 11.4. The number of piperazine rings is 1. The predicted octanol–water partition coefficient (Wildman–Crippen LogP) is 4.20. The molecule has 0 aromatic carbocycles. The summed E-state index contributed by atoms with van der Waals surface area (Å²) in [5.41, 5.74) is -1.45. The van der Waals surface area contributed by atoms with E-state index in [0.717, 1.165) is 12.1 Å². The lowest BCUT2D eigenvalue weighted by molar-refractivity contribution is -0.137. The molecule has 1 amide bonds. The summed E-state index contributed by atoms with van der Waals surface area (Å²) in [6.07, 6.45) is -4.93. The molecule has 0 N–H and O–H groups in total. The van der Waals surface area contributed by atoms with Crippen LogP contribution in [0.1, 0.15) is 33.3 Å². The van der Waals surface area contributed by atoms with Gasteiger partial charge in [-0.2, -0.15) is 13.2 Å². The van der Waals surface area contributed by atoms with Crippen LogP contribution in [-0.4, -0.2) is 47.3 Å². The number of pyridine rings is 1. The molecule has 2 rings (SSSR count). The first kappa shape index (κ1) is 19.6. The van der Waals surface area contributed by atoms with E-state index >= 15 is 0 Å². The van der Waals surface area contributed by atoms with Crippen molar-refractivity contribution in [1.29, 1.82) is 0 Å². The summed E-state index contributed by atoms with van der Waals surface area (Å²) in [5.74, 6) is 0.149. The molecule has 0 saturated carbocycles. The number of anilines is 1. The minimum atomic E-state index is -4.49. The summed E-state index contributed by atoms with van der Waals surface area (Å²) in [6, 6.07) is 1.53. The molecule has 1 aliphatic heterocycles. The molecule has 1 aromatic rings. The van der Waals surface area contributed by atoms with Crippen LogP contribution >= 0.6 is 11.6 Å². The molecule has 2 heterocycles. The van der Waals surface area contributed by atoms with Crippen molar-refractivity contribution in [2.45, 2.75) is 45.5 Å². The summed E-state index contributed by atoms with van der Waals surface area (Å²) < 4.78 is 44.2. The highest BCUT2D eigenvalue weighted by atomic mass is 35.5. The van der Waals surface area contributed by atoms with E-state index in [-0.39, 0.29) is 17.0 Å². The summed E-state index contributed by atoms with van der Waals surface area (Å²) in [6.45, 7) is 8.15. The van der Waals surface area contributed by atoms with Gasteiger partial charge < -0.3 is 14.5 Å². The van der Waals surface area contributed by atoms with E-state index in [1.807, 2.05) is 6.92 Å². The van der Waals surface area contributed by atoms with Crippen LogP contribution in [0.15, 0.2) is 12.1 Å². The topological polar surface area (TPSA) is 45.7 Å². The molecule has 140 valence electrons. The molecule has 0 spiro atoms. The predicted molar refractivity (Wildman–Crippen MR) is 88.9 cm³/mol. The second kappa shape index (κ2) is 6.90. The number of carbonyl (C=O) groups excluding carboxylic acids is 1. The number of carbonyl (C=O) groups is 1. The maximum atomic E-state index is 12.9. The van der Waals surface area contributed by atoms with E-state index < -0.39 is 23.4 Å². The summed E-state index contributed by atoms with van der Waals surface area (Å²) in [4.78, 5) is 19.5. The highest BCUT2D eigenvalue weighted by molar-refractivity contribution is 6.29. The Morgan fingerprint density at radius 2 is 1.92 bits per heavy atom. The van der Waals surface area contributed by atoms with Crippen LogP contribution in [0.3, 0.4) is 0 Å². The third-order valence-electron chi connectivity index (χ3n) is 3.69. The van der Waals surface area contributed by atoms with E-state index in [1.54, 1.807) is 30.6 Å². The minimum absolute atomic E-state index is 0.149. The monoisotopic (exact) mass is 379 g/mol. The Kier molecular flexibility index (Phi) is 5.41. The van der Waals surface area contributed by atoms with Crippen LogP contribution in [-0.2, 0) is 10.9 Å². The molecule has 9 heteroatoms. The third kappa shape index (κ3) is 5.14. The Labute approximate surface area is 149 Å². The van der Waals surface area contributed by atoms with Gasteiger partial charge in [0.15, 0.2) is 0 Å². The third-order valence-corrected chi connectivity index (χ3v) is 3.88. The lowest BCUT2D eigenvalue weighted by Gasteiger charge is -2.40. The van der Waals surface area contributed by atoms with Gasteiger partial charge in [-0.15, -0.1) is 0 Å². The van der Waals surface area contributed by atoms with E-state index in [2.05, 4.69) is 4.98 Å². The van der Waals surface area contributed by atoms with Crippen LogP contribution < -0.4 is 4.90 Å². The van der Waals surface area contributed by atoms with Crippen molar-refractivity contribution in [1.82, 2.24) is 9.88 Å². The van der Waals surface area contributed by atoms with E-state index in [9.17, 15) is 18.0 Å². The van der Waals surface area contributed by atoms with Crippen LogP contribution in [0.25, 0.3) is 0 Å². The Balaban J connectivity index is 2.13. The number of halogens is 4. The molecule has 1 fully saturated rings. The number of ether oxygens (including phenoxy) is 1. The first-order valence-corrected chi connectivity index (χ1v) is 8.24. The Hall–Kier alpha value is -1.70. The number of nitrogens with zero attached hydrogens (tertiary/aromatic N) is 3. The lowest BCUT2D eigenvalue weighted by atomic mass is 10.1. The number of alkyl halides is 3. The highest BCUT2D eigenvalue weighted by Crippen LogP contribution is 2.33. The normalized spacial score (nSPS) is 19.1. The first-order valence-electron chi connectivity index (χ1n) is 7.86. The molecule has 1 aliphatic rings. The van der Waals surface area contributed by atoms with Crippen molar-refractivity contribution in [2.24, 2.45) is 0 Å². The maximum Gasteiger partial charge on any atom is 0.416 e. The fourth-order valence-electron chi connectivity index (χ4n) is 2.57. The minimum Gasteiger partial charge on any atom is -0.444 e. The number of amides is 1. The van der Waals surface area contributed by atoms with E-state index in [1.165, 1.54) is 0 Å². The molecule has 5 nitrogen and oxygen atoms in total. The Bertz CT molecular complexity index is 646.